The van der Waals surface area contributed by atoms with Crippen LogP contribution in [0, 0.1) is 5.92 Å². The van der Waals surface area contributed by atoms with Gasteiger partial charge in [0.1, 0.15) is 24.1 Å². The summed E-state index contributed by atoms with van der Waals surface area (Å²) in [6, 6.07) is 1.64. The van der Waals surface area contributed by atoms with E-state index in [1.807, 2.05) is 0 Å². The van der Waals surface area contributed by atoms with E-state index in [9.17, 15) is 33.9 Å². The van der Waals surface area contributed by atoms with Crippen LogP contribution in [0.2, 0.25) is 0 Å². The summed E-state index contributed by atoms with van der Waals surface area (Å²) in [6.07, 6.45) is -0.440. The SMILES string of the molecule is CC(=O)N(C(=O)[C@H](C)NC(=O)[C@@H](NC(=O)[C@@H](N)Cc1ccc(O)cc1)C(C)C)[C@H](CC=O)CC(=O)O. The number of hydrogen-bond acceptors (Lipinski definition) is 8. The van der Waals surface area contributed by atoms with E-state index < -0.39 is 66.1 Å². The lowest BCUT2D eigenvalue weighted by molar-refractivity contribution is -0.150. The third-order valence-electron chi connectivity index (χ3n) is 5.43. The Balaban J connectivity index is 2.92. The molecule has 0 aliphatic rings. The van der Waals surface area contributed by atoms with Crippen LogP contribution < -0.4 is 16.4 Å². The van der Waals surface area contributed by atoms with Crippen LogP contribution in [0.5, 0.6) is 5.75 Å². The van der Waals surface area contributed by atoms with Crippen molar-refractivity contribution in [2.24, 2.45) is 11.7 Å². The first-order valence-electron chi connectivity index (χ1n) is 11.4. The molecule has 0 fully saturated rings. The number of carbonyl (C=O) groups is 6. The molecule has 0 saturated heterocycles. The number of aromatic hydroxyl groups is 1. The Hall–Kier alpha value is -3.80. The van der Waals surface area contributed by atoms with E-state index in [4.69, 9.17) is 10.8 Å². The Morgan fingerprint density at radius 3 is 2.08 bits per heavy atom. The normalized spacial score (nSPS) is 14.2. The fraction of sp³-hybridized carbons (Fsp3) is 0.500. The topological polar surface area (TPSA) is 196 Å². The molecule has 4 atom stereocenters. The molecule has 0 unspecified atom stereocenters. The van der Waals surface area contributed by atoms with Crippen LogP contribution in [0.1, 0.15) is 46.1 Å². The maximum absolute atomic E-state index is 12.9. The Morgan fingerprint density at radius 1 is 1.03 bits per heavy atom. The fourth-order valence-electron chi connectivity index (χ4n) is 3.53. The number of amides is 4. The molecular weight excluding hydrogens is 472 g/mol. The van der Waals surface area contributed by atoms with Gasteiger partial charge >= 0.3 is 5.97 Å². The van der Waals surface area contributed by atoms with E-state index in [1.165, 1.54) is 19.1 Å². The van der Waals surface area contributed by atoms with Gasteiger partial charge in [-0.3, -0.25) is 28.9 Å². The number of benzene rings is 1. The summed E-state index contributed by atoms with van der Waals surface area (Å²) in [6.45, 7) is 5.72. The van der Waals surface area contributed by atoms with Gasteiger partial charge in [-0.1, -0.05) is 26.0 Å². The molecule has 4 amide bonds. The number of rotatable bonds is 13. The highest BCUT2D eigenvalue weighted by Gasteiger charge is 2.34. The lowest BCUT2D eigenvalue weighted by atomic mass is 10.0. The predicted octanol–water partition coefficient (Wildman–Crippen LogP) is -0.285. The number of nitrogens with two attached hydrogens (primary N) is 1. The van der Waals surface area contributed by atoms with Gasteiger partial charge in [0.2, 0.25) is 17.7 Å². The van der Waals surface area contributed by atoms with Crippen molar-refractivity contribution in [2.45, 2.75) is 71.1 Å². The van der Waals surface area contributed by atoms with Gasteiger partial charge in [-0.05, 0) is 37.0 Å². The summed E-state index contributed by atoms with van der Waals surface area (Å²) < 4.78 is 0. The van der Waals surface area contributed by atoms with Crippen molar-refractivity contribution in [1.82, 2.24) is 15.5 Å². The molecule has 0 radical (unpaired) electrons. The molecule has 1 rings (SSSR count). The lowest BCUT2D eigenvalue weighted by Gasteiger charge is -2.31. The lowest BCUT2D eigenvalue weighted by Crippen LogP contribution is -2.58. The van der Waals surface area contributed by atoms with E-state index in [0.717, 1.165) is 6.92 Å². The van der Waals surface area contributed by atoms with Gasteiger partial charge in [0.05, 0.1) is 18.5 Å². The second kappa shape index (κ2) is 13.9. The Bertz CT molecular complexity index is 963. The van der Waals surface area contributed by atoms with Crippen LogP contribution in [0.4, 0.5) is 0 Å². The second-order valence-electron chi connectivity index (χ2n) is 8.82. The van der Waals surface area contributed by atoms with E-state index in [2.05, 4.69) is 10.6 Å². The number of nitrogens with one attached hydrogen (secondary N) is 2. The second-order valence-corrected chi connectivity index (χ2v) is 8.82. The van der Waals surface area contributed by atoms with Crippen molar-refractivity contribution in [3.63, 3.8) is 0 Å². The first kappa shape index (κ1) is 30.2. The molecule has 36 heavy (non-hydrogen) atoms. The number of nitrogens with zero attached hydrogens (tertiary/aromatic N) is 1. The van der Waals surface area contributed by atoms with Gasteiger partial charge in [0, 0.05) is 13.3 Å². The van der Waals surface area contributed by atoms with Crippen LogP contribution >= 0.6 is 0 Å². The minimum absolute atomic E-state index is 0.0701. The quantitative estimate of drug-likeness (QED) is 0.223. The van der Waals surface area contributed by atoms with Crippen molar-refractivity contribution in [2.75, 3.05) is 0 Å². The van der Waals surface area contributed by atoms with Crippen LogP contribution in [0.3, 0.4) is 0 Å². The van der Waals surface area contributed by atoms with Gasteiger partial charge in [-0.2, -0.15) is 0 Å². The zero-order valence-electron chi connectivity index (χ0n) is 20.8. The van der Waals surface area contributed by atoms with Crippen LogP contribution in [0.15, 0.2) is 24.3 Å². The zero-order valence-corrected chi connectivity index (χ0v) is 20.8. The average Bonchev–Trinajstić information content (AvgIpc) is 2.77. The molecule has 12 nitrogen and oxygen atoms in total. The molecule has 198 valence electrons. The smallest absolute Gasteiger partial charge is 0.305 e. The molecule has 1 aromatic rings. The summed E-state index contributed by atoms with van der Waals surface area (Å²) >= 11 is 0. The van der Waals surface area contributed by atoms with Crippen molar-refractivity contribution in [1.29, 1.82) is 0 Å². The van der Waals surface area contributed by atoms with E-state index in [1.54, 1.807) is 26.0 Å². The molecule has 6 N–H and O–H groups in total. The number of phenols is 1. The van der Waals surface area contributed by atoms with Crippen molar-refractivity contribution in [3.8, 4) is 5.75 Å². The summed E-state index contributed by atoms with van der Waals surface area (Å²) in [5, 5.41) is 23.5. The molecular formula is C24H34N4O8. The Kier molecular flexibility index (Phi) is 11.7. The van der Waals surface area contributed by atoms with Crippen molar-refractivity contribution in [3.05, 3.63) is 29.8 Å². The average molecular weight is 507 g/mol. The number of imide groups is 1. The van der Waals surface area contributed by atoms with Gasteiger partial charge in [0.15, 0.2) is 0 Å². The number of aliphatic carboxylic acids is 1. The minimum Gasteiger partial charge on any atom is -0.508 e. The number of phenolic OH excluding ortho intramolecular Hbond substituents is 1. The van der Waals surface area contributed by atoms with Crippen LogP contribution in [-0.4, -0.2) is 75.2 Å². The molecule has 0 bridgehead atoms. The maximum Gasteiger partial charge on any atom is 0.305 e. The van der Waals surface area contributed by atoms with E-state index in [0.29, 0.717) is 16.7 Å². The monoisotopic (exact) mass is 506 g/mol. The summed E-state index contributed by atoms with van der Waals surface area (Å²) in [5.74, 6) is -4.59. The van der Waals surface area contributed by atoms with Crippen LogP contribution in [-0.2, 0) is 35.2 Å². The minimum atomic E-state index is -1.30. The standard InChI is InChI=1S/C24H34N4O8/c1-13(2)21(27-22(34)19(25)11-16-5-7-18(31)8-6-16)23(35)26-14(3)24(36)28(15(4)30)17(9-10-29)12-20(32)33/h5-8,10,13-14,17,19,21,31H,9,11-12,25H2,1-4H3,(H,26,35)(H,27,34)(H,32,33)/t14-,17+,19-,21-/m0/s1. The first-order chi connectivity index (χ1) is 16.8. The molecule has 0 aliphatic carbocycles. The third kappa shape index (κ3) is 9.10. The molecule has 0 heterocycles. The van der Waals surface area contributed by atoms with Gasteiger partial charge in [-0.15, -0.1) is 0 Å². The van der Waals surface area contributed by atoms with Crippen LogP contribution in [0.25, 0.3) is 0 Å². The predicted molar refractivity (Wildman–Crippen MR) is 128 cm³/mol. The number of carboxylic acid groups (broad SMARTS) is 1. The molecule has 12 heteroatoms. The molecule has 0 spiro atoms. The summed E-state index contributed by atoms with van der Waals surface area (Å²) in [7, 11) is 0. The van der Waals surface area contributed by atoms with Crippen molar-refractivity contribution >= 4 is 35.9 Å². The maximum atomic E-state index is 12.9. The van der Waals surface area contributed by atoms with E-state index >= 15 is 0 Å². The van der Waals surface area contributed by atoms with Gasteiger partial charge in [0.25, 0.3) is 5.91 Å². The fourth-order valence-corrected chi connectivity index (χ4v) is 3.53. The Morgan fingerprint density at radius 2 is 1.61 bits per heavy atom. The highest BCUT2D eigenvalue weighted by Crippen LogP contribution is 2.13. The summed E-state index contributed by atoms with van der Waals surface area (Å²) in [4.78, 5) is 73.4. The van der Waals surface area contributed by atoms with Gasteiger partial charge < -0.3 is 31.4 Å². The zero-order chi connectivity index (χ0) is 27.6. The number of carboxylic acids is 1. The third-order valence-corrected chi connectivity index (χ3v) is 5.43. The summed E-state index contributed by atoms with van der Waals surface area (Å²) in [5.41, 5.74) is 6.68. The number of aldehydes is 1. The largest absolute Gasteiger partial charge is 0.508 e. The highest BCUT2D eigenvalue weighted by molar-refractivity contribution is 6.00. The first-order valence-corrected chi connectivity index (χ1v) is 11.4. The molecule has 1 aromatic carbocycles. The van der Waals surface area contributed by atoms with E-state index in [-0.39, 0.29) is 18.6 Å². The number of hydrogen-bond donors (Lipinski definition) is 5. The highest BCUT2D eigenvalue weighted by atomic mass is 16.4. The molecule has 0 saturated carbocycles. The molecule has 0 aliphatic heterocycles. The Labute approximate surface area is 209 Å². The van der Waals surface area contributed by atoms with Gasteiger partial charge in [-0.25, -0.2) is 0 Å². The number of carbonyl (C=O) groups excluding carboxylic acids is 5. The molecule has 0 aromatic heterocycles. The van der Waals surface area contributed by atoms with Crippen molar-refractivity contribution < 1.29 is 39.0 Å².